The van der Waals surface area contributed by atoms with Gasteiger partial charge in [-0.25, -0.2) is 0 Å². The zero-order chi connectivity index (χ0) is 11.0. The van der Waals surface area contributed by atoms with E-state index < -0.39 is 0 Å². The van der Waals surface area contributed by atoms with Crippen LogP contribution in [0.3, 0.4) is 0 Å². The molecule has 0 heterocycles. The zero-order valence-electron chi connectivity index (χ0n) is 9.67. The summed E-state index contributed by atoms with van der Waals surface area (Å²) >= 11 is 0. The van der Waals surface area contributed by atoms with Gasteiger partial charge in [0, 0.05) is 0 Å². The van der Waals surface area contributed by atoms with Gasteiger partial charge in [0.15, 0.2) is 0 Å². The van der Waals surface area contributed by atoms with Crippen LogP contribution in [0.1, 0.15) is 27.7 Å². The van der Waals surface area contributed by atoms with Crippen LogP contribution in [-0.4, -0.2) is 0 Å². The van der Waals surface area contributed by atoms with Crippen molar-refractivity contribution in [3.8, 4) is 0 Å². The van der Waals surface area contributed by atoms with E-state index in [4.69, 9.17) is 0 Å². The van der Waals surface area contributed by atoms with E-state index in [9.17, 15) is 0 Å². The minimum Gasteiger partial charge on any atom is -0.0961 e. The highest BCUT2D eigenvalue weighted by atomic mass is 13.9. The van der Waals surface area contributed by atoms with E-state index in [-0.39, 0.29) is 0 Å². The van der Waals surface area contributed by atoms with Crippen LogP contribution >= 0.6 is 0 Å². The summed E-state index contributed by atoms with van der Waals surface area (Å²) in [6, 6.07) is 8.30. The molecule has 1 aromatic carbocycles. The van der Waals surface area contributed by atoms with E-state index in [0.29, 0.717) is 0 Å². The van der Waals surface area contributed by atoms with Crippen LogP contribution in [0.5, 0.6) is 0 Å². The Hall–Kier alpha value is -1.30. The zero-order valence-corrected chi connectivity index (χ0v) is 9.67. The Bertz CT molecular complexity index is 383. The molecule has 0 aromatic heterocycles. The maximum absolute atomic E-state index is 3.86. The minimum atomic E-state index is 1.09. The van der Waals surface area contributed by atoms with Gasteiger partial charge in [0.1, 0.15) is 0 Å². The Morgan fingerprint density at radius 1 is 1.14 bits per heavy atom. The number of hydrogen-bond acceptors (Lipinski definition) is 0. The van der Waals surface area contributed by atoms with Crippen molar-refractivity contribution in [3.05, 3.63) is 46.9 Å². The molecule has 0 N–H and O–H groups in total. The van der Waals surface area contributed by atoms with E-state index in [1.54, 1.807) is 0 Å². The van der Waals surface area contributed by atoms with Crippen LogP contribution in [0.2, 0.25) is 0 Å². The summed E-state index contributed by atoms with van der Waals surface area (Å²) in [7, 11) is 0. The van der Waals surface area contributed by atoms with E-state index in [2.05, 4.69) is 30.9 Å². The molecule has 1 rings (SSSR count). The molecule has 14 heavy (non-hydrogen) atoms. The quantitative estimate of drug-likeness (QED) is 0.635. The average molecular weight is 188 g/mol. The van der Waals surface area contributed by atoms with Crippen molar-refractivity contribution in [2.24, 2.45) is 0 Å². The van der Waals surface area contributed by atoms with Gasteiger partial charge < -0.3 is 0 Å². The third-order valence-corrected chi connectivity index (χ3v) is 1.71. The molecular weight excluding hydrogens is 168 g/mol. The van der Waals surface area contributed by atoms with Gasteiger partial charge in [0.2, 0.25) is 0 Å². The Morgan fingerprint density at radius 2 is 1.64 bits per heavy atom. The molecule has 0 saturated heterocycles. The van der Waals surface area contributed by atoms with Crippen LogP contribution in [0.25, 0.3) is 12.2 Å². The van der Waals surface area contributed by atoms with Gasteiger partial charge in [-0.05, 0) is 24.3 Å². The van der Waals surface area contributed by atoms with Crippen molar-refractivity contribution in [2.75, 3.05) is 0 Å². The smallest absolute Gasteiger partial charge is 0.0185 e. The topological polar surface area (TPSA) is 0 Å². The number of benzene rings is 1. The van der Waals surface area contributed by atoms with Crippen LogP contribution in [0.15, 0.2) is 36.4 Å². The highest BCUT2D eigenvalue weighted by Crippen LogP contribution is 1.85. The molecule has 0 fully saturated rings. The second kappa shape index (κ2) is 7.14. The molecule has 76 valence electrons. The number of allylic oxidation sites excluding steroid dienone is 1. The summed E-state index contributed by atoms with van der Waals surface area (Å²) in [6.07, 6.45) is 4.20. The van der Waals surface area contributed by atoms with Gasteiger partial charge in [-0.2, -0.15) is 0 Å². The molecular formula is C14H20. The van der Waals surface area contributed by atoms with Crippen LogP contribution in [0.4, 0.5) is 0 Å². The third-order valence-electron chi connectivity index (χ3n) is 1.71. The summed E-state index contributed by atoms with van der Waals surface area (Å²) in [5.74, 6) is 0. The van der Waals surface area contributed by atoms with Gasteiger partial charge in [-0.3, -0.25) is 0 Å². The van der Waals surface area contributed by atoms with Gasteiger partial charge in [-0.15, -0.1) is 0 Å². The summed E-state index contributed by atoms with van der Waals surface area (Å²) in [5.41, 5.74) is 1.09. The normalized spacial score (nSPS) is 12.0. The molecule has 0 amide bonds. The minimum absolute atomic E-state index is 1.09. The monoisotopic (exact) mass is 188 g/mol. The van der Waals surface area contributed by atoms with Gasteiger partial charge >= 0.3 is 0 Å². The van der Waals surface area contributed by atoms with E-state index >= 15 is 0 Å². The average Bonchev–Trinajstić information content (AvgIpc) is 2.21. The molecule has 0 aliphatic carbocycles. The Labute approximate surface area is 87.3 Å². The second-order valence-corrected chi connectivity index (χ2v) is 2.91. The first-order chi connectivity index (χ1) is 6.74. The summed E-state index contributed by atoms with van der Waals surface area (Å²) in [5, 5.41) is 2.51. The lowest BCUT2D eigenvalue weighted by Crippen LogP contribution is -2.23. The molecule has 0 unspecified atom stereocenters. The Morgan fingerprint density at radius 3 is 2.07 bits per heavy atom. The fourth-order valence-corrected chi connectivity index (χ4v) is 1.17. The fraction of sp³-hybridized carbons (Fsp3) is 0.286. The highest BCUT2D eigenvalue weighted by molar-refractivity contribution is 5.44. The van der Waals surface area contributed by atoms with E-state index in [1.807, 2.05) is 39.8 Å². The van der Waals surface area contributed by atoms with Gasteiger partial charge in [0.25, 0.3) is 0 Å². The van der Waals surface area contributed by atoms with Crippen molar-refractivity contribution in [2.45, 2.75) is 27.7 Å². The van der Waals surface area contributed by atoms with Crippen LogP contribution in [-0.2, 0) is 0 Å². The molecule has 0 atom stereocenters. The van der Waals surface area contributed by atoms with Crippen molar-refractivity contribution in [1.82, 2.24) is 0 Å². The first kappa shape index (κ1) is 12.7. The molecule has 0 radical (unpaired) electrons. The lowest BCUT2D eigenvalue weighted by atomic mass is 10.2. The lowest BCUT2D eigenvalue weighted by molar-refractivity contribution is 1.48. The van der Waals surface area contributed by atoms with E-state index in [0.717, 1.165) is 5.57 Å². The van der Waals surface area contributed by atoms with Gasteiger partial charge in [-0.1, -0.05) is 62.4 Å². The van der Waals surface area contributed by atoms with Crippen molar-refractivity contribution in [3.63, 3.8) is 0 Å². The number of hydrogen-bond donors (Lipinski definition) is 0. The largest absolute Gasteiger partial charge is 0.0961 e. The Balaban J connectivity index is 0.000000791. The predicted molar refractivity (Wildman–Crippen MR) is 66.5 cm³/mol. The summed E-state index contributed by atoms with van der Waals surface area (Å²) in [6.45, 7) is 11.9. The maximum atomic E-state index is 3.86. The molecule has 0 spiro atoms. The predicted octanol–water partition coefficient (Wildman–Crippen LogP) is 2.87. The van der Waals surface area contributed by atoms with Crippen molar-refractivity contribution < 1.29 is 0 Å². The summed E-state index contributed by atoms with van der Waals surface area (Å²) in [4.78, 5) is 0. The molecule has 0 aliphatic rings. The lowest BCUT2D eigenvalue weighted by Gasteiger charge is -1.89. The number of rotatable bonds is 1. The van der Waals surface area contributed by atoms with Crippen LogP contribution in [0, 0.1) is 0 Å². The Kier molecular flexibility index (Phi) is 6.47. The maximum Gasteiger partial charge on any atom is -0.0185 e. The molecule has 0 aliphatic heterocycles. The van der Waals surface area contributed by atoms with Crippen molar-refractivity contribution in [1.29, 1.82) is 0 Å². The highest BCUT2D eigenvalue weighted by Gasteiger charge is 1.81. The SMILES string of the molecule is C=C(C)/C=c1/cccc/c1=C/C.CC. The fourth-order valence-electron chi connectivity index (χ4n) is 1.17. The summed E-state index contributed by atoms with van der Waals surface area (Å²) < 4.78 is 0. The molecule has 0 heteroatoms. The first-order valence-electron chi connectivity index (χ1n) is 5.12. The molecule has 0 bridgehead atoms. The second-order valence-electron chi connectivity index (χ2n) is 2.91. The molecule has 0 nitrogen and oxygen atoms in total. The third kappa shape index (κ3) is 4.08. The van der Waals surface area contributed by atoms with Crippen molar-refractivity contribution >= 4 is 12.2 Å². The first-order valence-corrected chi connectivity index (χ1v) is 5.12. The van der Waals surface area contributed by atoms with E-state index in [1.165, 1.54) is 10.4 Å². The molecule has 0 saturated carbocycles. The van der Waals surface area contributed by atoms with Gasteiger partial charge in [0.05, 0.1) is 0 Å². The van der Waals surface area contributed by atoms with Crippen LogP contribution < -0.4 is 10.4 Å². The standard InChI is InChI=1S/C12H14.C2H6/c1-4-11-7-5-6-8-12(11)9-10(2)3;1-2/h4-9H,2H2,1,3H3;1-2H3/b11-4-,12-9-;. The molecule has 1 aromatic rings.